The van der Waals surface area contributed by atoms with E-state index in [1.807, 2.05) is 29.3 Å². The Balaban J connectivity index is 1.98. The summed E-state index contributed by atoms with van der Waals surface area (Å²) >= 11 is 1.57. The number of rotatable bonds is 8. The summed E-state index contributed by atoms with van der Waals surface area (Å²) in [4.78, 5) is 18.8. The number of nitrogens with one attached hydrogen (secondary N) is 1. The van der Waals surface area contributed by atoms with Gasteiger partial charge in [-0.1, -0.05) is 13.0 Å². The number of aromatic nitrogens is 1. The van der Waals surface area contributed by atoms with E-state index in [1.165, 1.54) is 11.1 Å². The van der Waals surface area contributed by atoms with Gasteiger partial charge >= 0.3 is 6.03 Å². The molecule has 2 amide bonds. The van der Waals surface area contributed by atoms with Crippen molar-refractivity contribution in [2.24, 2.45) is 0 Å². The van der Waals surface area contributed by atoms with E-state index in [9.17, 15) is 4.79 Å². The molecule has 26 heavy (non-hydrogen) atoms. The second-order valence-corrected chi connectivity index (χ2v) is 7.43. The van der Waals surface area contributed by atoms with Crippen LogP contribution >= 0.6 is 11.3 Å². The summed E-state index contributed by atoms with van der Waals surface area (Å²) < 4.78 is 5.86. The first-order valence-electron chi connectivity index (χ1n) is 9.12. The molecule has 1 aromatic heterocycles. The number of amides is 2. The van der Waals surface area contributed by atoms with Gasteiger partial charge in [-0.25, -0.2) is 9.78 Å². The minimum absolute atomic E-state index is 0.0391. The summed E-state index contributed by atoms with van der Waals surface area (Å²) in [7, 11) is 0. The van der Waals surface area contributed by atoms with Crippen molar-refractivity contribution in [3.63, 3.8) is 0 Å². The Morgan fingerprint density at radius 2 is 2.08 bits per heavy atom. The monoisotopic (exact) mass is 375 g/mol. The molecule has 1 heterocycles. The van der Waals surface area contributed by atoms with Gasteiger partial charge in [0, 0.05) is 18.0 Å². The van der Waals surface area contributed by atoms with Gasteiger partial charge in [-0.05, 0) is 57.4 Å². The van der Waals surface area contributed by atoms with E-state index in [4.69, 9.17) is 4.74 Å². The Labute approximate surface area is 160 Å². The number of aryl methyl sites for hydroxylation is 2. The minimum Gasteiger partial charge on any atom is -0.486 e. The molecule has 6 heteroatoms. The lowest BCUT2D eigenvalue weighted by molar-refractivity contribution is 0.173. The number of thiazole rings is 1. The third-order valence-electron chi connectivity index (χ3n) is 4.48. The summed E-state index contributed by atoms with van der Waals surface area (Å²) in [6.07, 6.45) is 0.907. The third-order valence-corrected chi connectivity index (χ3v) is 5.36. The predicted octanol–water partition coefficient (Wildman–Crippen LogP) is 4.67. The van der Waals surface area contributed by atoms with E-state index in [2.05, 4.69) is 44.1 Å². The van der Waals surface area contributed by atoms with E-state index in [-0.39, 0.29) is 12.1 Å². The van der Waals surface area contributed by atoms with Crippen LogP contribution in [0.3, 0.4) is 0 Å². The van der Waals surface area contributed by atoms with Crippen molar-refractivity contribution in [1.82, 2.24) is 15.2 Å². The van der Waals surface area contributed by atoms with Crippen molar-refractivity contribution in [1.29, 1.82) is 0 Å². The van der Waals surface area contributed by atoms with Crippen LogP contribution in [0.4, 0.5) is 4.79 Å². The fourth-order valence-electron chi connectivity index (χ4n) is 2.51. The van der Waals surface area contributed by atoms with Gasteiger partial charge in [0.15, 0.2) is 0 Å². The number of carbonyl (C=O) groups is 1. The lowest BCUT2D eigenvalue weighted by Gasteiger charge is -2.27. The highest BCUT2D eigenvalue weighted by molar-refractivity contribution is 7.09. The van der Waals surface area contributed by atoms with Gasteiger partial charge in [-0.2, -0.15) is 0 Å². The number of nitrogens with zero attached hydrogens (tertiary/aromatic N) is 2. The van der Waals surface area contributed by atoms with E-state index >= 15 is 0 Å². The van der Waals surface area contributed by atoms with Crippen molar-refractivity contribution in [2.75, 3.05) is 6.54 Å². The summed E-state index contributed by atoms with van der Waals surface area (Å²) in [6.45, 7) is 11.8. The summed E-state index contributed by atoms with van der Waals surface area (Å²) in [6, 6.07) is 6.22. The molecule has 1 aromatic carbocycles. The normalized spacial score (nSPS) is 11.9. The van der Waals surface area contributed by atoms with E-state index in [0.717, 1.165) is 22.9 Å². The highest BCUT2D eigenvalue weighted by Gasteiger charge is 2.19. The van der Waals surface area contributed by atoms with Gasteiger partial charge in [-0.15, -0.1) is 11.3 Å². The SMILES string of the molecule is CCNC(=O)N(Cc1csc(COc2ccc(C)c(C)c2)n1)C(C)CC. The molecule has 0 aliphatic carbocycles. The lowest BCUT2D eigenvalue weighted by Crippen LogP contribution is -2.44. The van der Waals surface area contributed by atoms with Crippen LogP contribution in [0.5, 0.6) is 5.75 Å². The number of urea groups is 1. The number of carbonyl (C=O) groups excluding carboxylic acids is 1. The third kappa shape index (κ3) is 5.46. The summed E-state index contributed by atoms with van der Waals surface area (Å²) in [5.74, 6) is 0.855. The maximum atomic E-state index is 12.3. The average Bonchev–Trinajstić information content (AvgIpc) is 3.08. The molecule has 142 valence electrons. The van der Waals surface area contributed by atoms with Gasteiger partial charge in [0.25, 0.3) is 0 Å². The zero-order chi connectivity index (χ0) is 19.1. The van der Waals surface area contributed by atoms with Gasteiger partial charge in [-0.3, -0.25) is 0 Å². The molecule has 1 N–H and O–H groups in total. The van der Waals surface area contributed by atoms with E-state index in [1.54, 1.807) is 11.3 Å². The van der Waals surface area contributed by atoms with Crippen molar-refractivity contribution in [3.8, 4) is 5.75 Å². The number of hydrogen-bond donors (Lipinski definition) is 1. The fraction of sp³-hybridized carbons (Fsp3) is 0.500. The summed E-state index contributed by atoms with van der Waals surface area (Å²) in [5.41, 5.74) is 3.37. The van der Waals surface area contributed by atoms with Gasteiger partial charge in [0.1, 0.15) is 17.4 Å². The largest absolute Gasteiger partial charge is 0.486 e. The molecule has 2 aromatic rings. The van der Waals surface area contributed by atoms with Crippen LogP contribution in [0.1, 0.15) is 49.0 Å². The first-order valence-corrected chi connectivity index (χ1v) is 10.00. The number of benzene rings is 1. The van der Waals surface area contributed by atoms with Crippen LogP contribution in [0.15, 0.2) is 23.6 Å². The Kier molecular flexibility index (Phi) is 7.45. The molecule has 0 saturated heterocycles. The van der Waals surface area contributed by atoms with Crippen LogP contribution in [-0.4, -0.2) is 28.5 Å². The molecular weight excluding hydrogens is 346 g/mol. The highest BCUT2D eigenvalue weighted by Crippen LogP contribution is 2.20. The van der Waals surface area contributed by atoms with E-state index < -0.39 is 0 Å². The Morgan fingerprint density at radius 3 is 2.73 bits per heavy atom. The predicted molar refractivity (Wildman–Crippen MR) is 107 cm³/mol. The molecule has 1 unspecified atom stereocenters. The summed E-state index contributed by atoms with van der Waals surface area (Å²) in [5, 5.41) is 5.80. The van der Waals surface area contributed by atoms with Crippen LogP contribution in [-0.2, 0) is 13.2 Å². The van der Waals surface area contributed by atoms with Crippen LogP contribution in [0.25, 0.3) is 0 Å². The lowest BCUT2D eigenvalue weighted by atomic mass is 10.1. The fourth-order valence-corrected chi connectivity index (χ4v) is 3.21. The van der Waals surface area contributed by atoms with Crippen LogP contribution in [0.2, 0.25) is 0 Å². The zero-order valence-electron chi connectivity index (χ0n) is 16.3. The molecule has 0 aliphatic heterocycles. The molecule has 0 radical (unpaired) electrons. The van der Waals surface area contributed by atoms with Crippen molar-refractivity contribution in [2.45, 2.75) is 60.2 Å². The quantitative estimate of drug-likeness (QED) is 0.729. The maximum Gasteiger partial charge on any atom is 0.317 e. The Morgan fingerprint density at radius 1 is 1.31 bits per heavy atom. The zero-order valence-corrected chi connectivity index (χ0v) is 17.2. The van der Waals surface area contributed by atoms with Gasteiger partial charge in [0.05, 0.1) is 12.2 Å². The standard InChI is InChI=1S/C20H29N3O2S/c1-6-16(5)23(20(24)21-7-2)11-17-13-26-19(22-17)12-25-18-9-8-14(3)15(4)10-18/h8-10,13,16H,6-7,11-12H2,1-5H3,(H,21,24). The van der Waals surface area contributed by atoms with Crippen molar-refractivity contribution < 1.29 is 9.53 Å². The molecule has 0 aliphatic rings. The smallest absolute Gasteiger partial charge is 0.317 e. The van der Waals surface area contributed by atoms with Crippen LogP contribution in [0, 0.1) is 13.8 Å². The average molecular weight is 376 g/mol. The molecular formula is C20H29N3O2S. The van der Waals surface area contributed by atoms with Gasteiger partial charge < -0.3 is 15.0 Å². The molecule has 5 nitrogen and oxygen atoms in total. The topological polar surface area (TPSA) is 54.5 Å². The molecule has 0 spiro atoms. The van der Waals surface area contributed by atoms with Crippen molar-refractivity contribution >= 4 is 17.4 Å². The van der Waals surface area contributed by atoms with Crippen molar-refractivity contribution in [3.05, 3.63) is 45.4 Å². The second-order valence-electron chi connectivity index (χ2n) is 6.49. The number of hydrogen-bond acceptors (Lipinski definition) is 4. The first kappa shape index (κ1) is 20.2. The Hall–Kier alpha value is -2.08. The van der Waals surface area contributed by atoms with Gasteiger partial charge in [0.2, 0.25) is 0 Å². The first-order chi connectivity index (χ1) is 12.4. The Bertz CT molecular complexity index is 730. The molecule has 2 rings (SSSR count). The molecule has 1 atom stereocenters. The highest BCUT2D eigenvalue weighted by atomic mass is 32.1. The molecule has 0 fully saturated rings. The number of ether oxygens (including phenoxy) is 1. The molecule has 0 saturated carbocycles. The second kappa shape index (κ2) is 9.57. The molecule has 0 bridgehead atoms. The van der Waals surface area contributed by atoms with Crippen LogP contribution < -0.4 is 10.1 Å². The maximum absolute atomic E-state index is 12.3. The van der Waals surface area contributed by atoms with E-state index in [0.29, 0.717) is 19.7 Å². The minimum atomic E-state index is -0.0391.